The Kier molecular flexibility index (Phi) is 13.9. The highest BCUT2D eigenvalue weighted by Gasteiger charge is 2.40. The smallest absolute Gasteiger partial charge is 0.319 e. The van der Waals surface area contributed by atoms with Crippen LogP contribution in [-0.2, 0) is 26.8 Å². The number of imidazole rings is 1. The Morgan fingerprint density at radius 3 is 1.93 bits per heavy atom. The van der Waals surface area contributed by atoms with Crippen molar-refractivity contribution in [2.24, 2.45) is 5.92 Å². The Hall–Kier alpha value is -5.26. The van der Waals surface area contributed by atoms with Crippen LogP contribution in [0.2, 0.25) is 0 Å². The first-order chi connectivity index (χ1) is 29.2. The van der Waals surface area contributed by atoms with Gasteiger partial charge in [0.05, 0.1) is 17.7 Å². The van der Waals surface area contributed by atoms with Gasteiger partial charge in [-0.1, -0.05) is 129 Å². The highest BCUT2D eigenvalue weighted by molar-refractivity contribution is 7.89. The first kappa shape index (κ1) is 42.8. The van der Waals surface area contributed by atoms with Crippen LogP contribution in [0, 0.1) is 12.8 Å². The lowest BCUT2D eigenvalue weighted by atomic mass is 9.76. The second kappa shape index (κ2) is 19.4. The number of nitrogens with zero attached hydrogens (tertiary/aromatic N) is 3. The van der Waals surface area contributed by atoms with E-state index in [1.54, 1.807) is 6.07 Å². The Morgan fingerprint density at radius 1 is 0.800 bits per heavy atom. The van der Waals surface area contributed by atoms with Gasteiger partial charge in [-0.2, -0.15) is 4.72 Å². The van der Waals surface area contributed by atoms with E-state index in [4.69, 9.17) is 4.98 Å². The number of sulfonamides is 1. The van der Waals surface area contributed by atoms with Crippen LogP contribution in [0.1, 0.15) is 111 Å². The molecule has 11 heteroatoms. The van der Waals surface area contributed by atoms with Crippen LogP contribution in [0.3, 0.4) is 0 Å². The lowest BCUT2D eigenvalue weighted by molar-refractivity contribution is -0.134. The van der Waals surface area contributed by atoms with Gasteiger partial charge >= 0.3 is 6.03 Å². The molecule has 0 spiro atoms. The van der Waals surface area contributed by atoms with E-state index in [0.29, 0.717) is 38.4 Å². The predicted molar refractivity (Wildman–Crippen MR) is 239 cm³/mol. The molecule has 1 aliphatic carbocycles. The van der Waals surface area contributed by atoms with Gasteiger partial charge in [0.15, 0.2) is 0 Å². The number of hydrogen-bond acceptors (Lipinski definition) is 5. The van der Waals surface area contributed by atoms with Crippen molar-refractivity contribution < 1.29 is 18.0 Å². The number of rotatable bonds is 16. The first-order valence-corrected chi connectivity index (χ1v) is 23.3. The number of aryl methyl sites for hydroxylation is 1. The molecule has 5 aromatic rings. The second-order valence-corrected chi connectivity index (χ2v) is 18.1. The molecular weight excluding hydrogens is 769 g/mol. The van der Waals surface area contributed by atoms with Gasteiger partial charge in [-0.25, -0.2) is 18.2 Å². The zero-order valence-corrected chi connectivity index (χ0v) is 36.1. The Balaban J connectivity index is 1.20. The number of carbonyl (C=O) groups excluding carboxylic acids is 2. The molecule has 2 fully saturated rings. The van der Waals surface area contributed by atoms with Crippen LogP contribution in [0.5, 0.6) is 0 Å². The molecule has 316 valence electrons. The van der Waals surface area contributed by atoms with Crippen molar-refractivity contribution in [3.63, 3.8) is 0 Å². The van der Waals surface area contributed by atoms with E-state index in [9.17, 15) is 18.0 Å². The third-order valence-electron chi connectivity index (χ3n) is 12.8. The van der Waals surface area contributed by atoms with Crippen LogP contribution >= 0.6 is 0 Å². The van der Waals surface area contributed by atoms with Gasteiger partial charge in [-0.3, -0.25) is 4.79 Å². The summed E-state index contributed by atoms with van der Waals surface area (Å²) in [5.41, 5.74) is 5.55. The van der Waals surface area contributed by atoms with Crippen molar-refractivity contribution >= 4 is 27.6 Å². The van der Waals surface area contributed by atoms with Crippen LogP contribution in [-0.4, -0.2) is 60.5 Å². The van der Waals surface area contributed by atoms with Crippen LogP contribution in [0.15, 0.2) is 120 Å². The molecule has 10 nitrogen and oxygen atoms in total. The summed E-state index contributed by atoms with van der Waals surface area (Å²) in [6, 6.07) is 35.2. The third kappa shape index (κ3) is 9.07. The minimum Gasteiger partial charge on any atom is -0.341 e. The van der Waals surface area contributed by atoms with Gasteiger partial charge in [-0.05, 0) is 98.9 Å². The number of nitrogens with one attached hydrogen (secondary N) is 3. The minimum absolute atomic E-state index is 0.0192. The number of anilines is 1. The molecule has 1 saturated heterocycles. The largest absolute Gasteiger partial charge is 0.341 e. The molecule has 60 heavy (non-hydrogen) atoms. The molecule has 1 aliphatic heterocycles. The van der Waals surface area contributed by atoms with E-state index in [2.05, 4.69) is 107 Å². The summed E-state index contributed by atoms with van der Waals surface area (Å²) in [7, 11) is -4.27. The predicted octanol–water partition coefficient (Wildman–Crippen LogP) is 9.15. The number of benzene rings is 4. The van der Waals surface area contributed by atoms with E-state index >= 15 is 0 Å². The lowest BCUT2D eigenvalue weighted by Gasteiger charge is -2.38. The Bertz CT molecular complexity index is 2210. The molecule has 7 rings (SSSR count). The van der Waals surface area contributed by atoms with Crippen LogP contribution in [0.4, 0.5) is 10.5 Å². The number of likely N-dealkylation sites (tertiary alicyclic amines) is 1. The average molecular weight is 829 g/mol. The fourth-order valence-electron chi connectivity index (χ4n) is 9.53. The quantitative estimate of drug-likeness (QED) is 0.0856. The molecule has 3 amide bonds. The van der Waals surface area contributed by atoms with Gasteiger partial charge in [0.1, 0.15) is 16.5 Å². The molecule has 2 aliphatic rings. The maximum atomic E-state index is 14.6. The van der Waals surface area contributed by atoms with Gasteiger partial charge in [0.25, 0.3) is 0 Å². The van der Waals surface area contributed by atoms with Gasteiger partial charge in [0, 0.05) is 25.3 Å². The number of para-hydroxylation sites is 1. The third-order valence-corrected chi connectivity index (χ3v) is 14.3. The monoisotopic (exact) mass is 828 g/mol. The minimum atomic E-state index is -4.27. The summed E-state index contributed by atoms with van der Waals surface area (Å²) < 4.78 is 34.3. The van der Waals surface area contributed by atoms with Crippen LogP contribution in [0.25, 0.3) is 0 Å². The van der Waals surface area contributed by atoms with Crippen molar-refractivity contribution in [2.75, 3.05) is 25.0 Å². The first-order valence-electron chi connectivity index (χ1n) is 21.9. The number of amides is 3. The summed E-state index contributed by atoms with van der Waals surface area (Å²) in [6.07, 6.45) is 10.1. The number of carbonyl (C=O) groups is 2. The maximum Gasteiger partial charge on any atom is 0.319 e. The number of piperidine rings is 1. The fraction of sp³-hybridized carbons (Fsp3) is 0.408. The normalized spacial score (nSPS) is 15.8. The fourth-order valence-corrected chi connectivity index (χ4v) is 10.9. The van der Waals surface area contributed by atoms with Crippen molar-refractivity contribution in [2.45, 2.75) is 107 Å². The second-order valence-electron chi connectivity index (χ2n) is 16.4. The van der Waals surface area contributed by atoms with Crippen molar-refractivity contribution in [3.8, 4) is 0 Å². The van der Waals surface area contributed by atoms with E-state index in [0.717, 1.165) is 78.6 Å². The highest BCUT2D eigenvalue weighted by Crippen LogP contribution is 2.43. The summed E-state index contributed by atoms with van der Waals surface area (Å²) in [6.45, 7) is 7.68. The van der Waals surface area contributed by atoms with E-state index in [-0.39, 0.29) is 28.8 Å². The maximum absolute atomic E-state index is 14.6. The molecule has 0 radical (unpaired) electrons. The average Bonchev–Trinajstić information content (AvgIpc) is 3.95. The highest BCUT2D eigenvalue weighted by atomic mass is 32.2. The number of hydrogen-bond donors (Lipinski definition) is 3. The lowest BCUT2D eigenvalue weighted by Crippen LogP contribution is -2.50. The zero-order valence-electron chi connectivity index (χ0n) is 35.3. The number of aromatic nitrogens is 2. The van der Waals surface area contributed by atoms with E-state index in [1.165, 1.54) is 6.07 Å². The topological polar surface area (TPSA) is 125 Å². The van der Waals surface area contributed by atoms with E-state index < -0.39 is 27.6 Å². The van der Waals surface area contributed by atoms with Gasteiger partial charge in [0.2, 0.25) is 15.9 Å². The SMILES string of the molecule is CCNC(=O)Nc1c(C2CCCC2)cccc1S(=O)(=O)N[C@@H](CCCc1ncn(C(c2ccccc2)(c2ccccc2)c2ccccc2)c1C)C(=O)N1CCC(CC)CC1. The molecule has 1 atom stereocenters. The van der Waals surface area contributed by atoms with Crippen molar-refractivity contribution in [1.29, 1.82) is 0 Å². The molecule has 1 aromatic heterocycles. The van der Waals surface area contributed by atoms with Gasteiger partial charge in [-0.15, -0.1) is 0 Å². The molecular formula is C49H60N6O4S. The molecule has 0 unspecified atom stereocenters. The van der Waals surface area contributed by atoms with Gasteiger partial charge < -0.3 is 20.1 Å². The Labute approximate surface area is 356 Å². The van der Waals surface area contributed by atoms with Crippen molar-refractivity contribution in [3.05, 3.63) is 149 Å². The van der Waals surface area contributed by atoms with Crippen molar-refractivity contribution in [1.82, 2.24) is 24.5 Å². The summed E-state index contributed by atoms with van der Waals surface area (Å²) in [5, 5.41) is 5.64. The number of urea groups is 1. The van der Waals surface area contributed by atoms with E-state index in [1.807, 2.05) is 42.4 Å². The molecule has 4 aromatic carbocycles. The summed E-state index contributed by atoms with van der Waals surface area (Å²) >= 11 is 0. The molecule has 1 saturated carbocycles. The summed E-state index contributed by atoms with van der Waals surface area (Å²) in [4.78, 5) is 34.2. The molecule has 0 bridgehead atoms. The zero-order chi connectivity index (χ0) is 42.1. The molecule has 2 heterocycles. The Morgan fingerprint density at radius 2 is 1.38 bits per heavy atom. The molecule has 3 N–H and O–H groups in total. The summed E-state index contributed by atoms with van der Waals surface area (Å²) in [5.74, 6) is 0.483. The van der Waals surface area contributed by atoms with Crippen LogP contribution < -0.4 is 15.4 Å². The standard InChI is InChI=1S/C49H60N6O4S/c1-4-37-31-33-54(34-32-37)47(56)44(53-60(58,59)45-30-17-27-42(38-19-15-16-20-38)46(45)52-48(57)50-5-2)29-18-28-43-36(3)55(35-51-43)49(39-21-9-6-10-22-39,40-23-11-7-12-24-40)41-25-13-8-14-26-41/h6-14,17,21-27,30,35,37-38,44,53H,4-5,15-16,18-20,28-29,31-34H2,1-3H3,(H2,50,52,57)/t44-/m0/s1.